The van der Waals surface area contributed by atoms with Gasteiger partial charge in [0.2, 0.25) is 0 Å². The summed E-state index contributed by atoms with van der Waals surface area (Å²) in [5.74, 6) is -0.114. The number of aromatic nitrogens is 2. The van der Waals surface area contributed by atoms with E-state index in [0.29, 0.717) is 12.5 Å². The smallest absolute Gasteiger partial charge is 0.126 e. The topological polar surface area (TPSA) is 29.9 Å². The van der Waals surface area contributed by atoms with E-state index in [1.165, 1.54) is 23.7 Å². The molecule has 0 saturated heterocycles. The first-order valence-electron chi connectivity index (χ1n) is 7.65. The lowest BCUT2D eigenvalue weighted by Crippen LogP contribution is -2.34. The molecule has 2 atom stereocenters. The van der Waals surface area contributed by atoms with Crippen LogP contribution in [-0.2, 0) is 19.9 Å². The van der Waals surface area contributed by atoms with Gasteiger partial charge >= 0.3 is 0 Å². The predicted octanol–water partition coefficient (Wildman–Crippen LogP) is 3.16. The van der Waals surface area contributed by atoms with Crippen molar-refractivity contribution in [3.05, 3.63) is 53.1 Å². The number of nitrogens with one attached hydrogen (secondary N) is 1. The molecule has 0 aliphatic heterocycles. The fourth-order valence-electron chi connectivity index (χ4n) is 3.28. The molecule has 1 aliphatic rings. The van der Waals surface area contributed by atoms with Crippen LogP contribution < -0.4 is 5.32 Å². The van der Waals surface area contributed by atoms with Crippen LogP contribution in [0.2, 0.25) is 0 Å². The van der Waals surface area contributed by atoms with Crippen molar-refractivity contribution in [2.45, 2.75) is 44.7 Å². The molecule has 0 bridgehead atoms. The van der Waals surface area contributed by atoms with Crippen LogP contribution >= 0.6 is 0 Å². The first-order chi connectivity index (χ1) is 10.1. The Morgan fingerprint density at radius 1 is 1.43 bits per heavy atom. The maximum Gasteiger partial charge on any atom is 0.126 e. The third-order valence-corrected chi connectivity index (χ3v) is 4.35. The third-order valence-electron chi connectivity index (χ3n) is 4.35. The largest absolute Gasteiger partial charge is 0.307 e. The van der Waals surface area contributed by atoms with Crippen LogP contribution in [0.5, 0.6) is 0 Å². The quantitative estimate of drug-likeness (QED) is 0.936. The summed E-state index contributed by atoms with van der Waals surface area (Å²) < 4.78 is 15.7. The SMILES string of the molecule is CC(Cc1ccccc1F)NC1CCCc2c1cnn2C. The Kier molecular flexibility index (Phi) is 4.06. The van der Waals surface area contributed by atoms with E-state index in [-0.39, 0.29) is 11.9 Å². The summed E-state index contributed by atoms with van der Waals surface area (Å²) in [6.45, 7) is 2.12. The zero-order valence-electron chi connectivity index (χ0n) is 12.6. The standard InChI is InChI=1S/C17H22FN3/c1-12(10-13-6-3-4-7-15(13)18)20-16-8-5-9-17-14(16)11-19-21(17)2/h3-4,6-7,11-12,16,20H,5,8-10H2,1-2H3. The monoisotopic (exact) mass is 287 g/mol. The number of hydrogen-bond acceptors (Lipinski definition) is 2. The molecule has 1 N–H and O–H groups in total. The number of nitrogens with zero attached hydrogens (tertiary/aromatic N) is 2. The van der Waals surface area contributed by atoms with Crippen molar-refractivity contribution in [1.82, 2.24) is 15.1 Å². The number of aryl methyl sites for hydroxylation is 1. The van der Waals surface area contributed by atoms with Crippen molar-refractivity contribution in [2.24, 2.45) is 7.05 Å². The van der Waals surface area contributed by atoms with Gasteiger partial charge in [-0.2, -0.15) is 5.10 Å². The molecule has 2 aromatic rings. The van der Waals surface area contributed by atoms with E-state index >= 15 is 0 Å². The molecule has 4 heteroatoms. The molecule has 1 heterocycles. The molecule has 112 valence electrons. The fourth-order valence-corrected chi connectivity index (χ4v) is 3.28. The molecule has 0 saturated carbocycles. The van der Waals surface area contributed by atoms with Gasteiger partial charge in [-0.3, -0.25) is 4.68 Å². The van der Waals surface area contributed by atoms with E-state index in [4.69, 9.17) is 0 Å². The molecule has 2 unspecified atom stereocenters. The molecular weight excluding hydrogens is 265 g/mol. The van der Waals surface area contributed by atoms with Gasteiger partial charge < -0.3 is 5.32 Å². The molecule has 3 nitrogen and oxygen atoms in total. The molecule has 0 amide bonds. The minimum atomic E-state index is -0.114. The van der Waals surface area contributed by atoms with Crippen molar-refractivity contribution < 1.29 is 4.39 Å². The number of benzene rings is 1. The van der Waals surface area contributed by atoms with Crippen molar-refractivity contribution in [2.75, 3.05) is 0 Å². The summed E-state index contributed by atoms with van der Waals surface area (Å²) in [7, 11) is 2.00. The summed E-state index contributed by atoms with van der Waals surface area (Å²) in [5, 5.41) is 8.01. The van der Waals surface area contributed by atoms with Gasteiger partial charge in [-0.15, -0.1) is 0 Å². The zero-order valence-corrected chi connectivity index (χ0v) is 12.6. The van der Waals surface area contributed by atoms with Crippen molar-refractivity contribution in [1.29, 1.82) is 0 Å². The van der Waals surface area contributed by atoms with Gasteiger partial charge in [0, 0.05) is 30.4 Å². The van der Waals surface area contributed by atoms with Crippen LogP contribution in [0.25, 0.3) is 0 Å². The number of fused-ring (bicyclic) bond motifs is 1. The second kappa shape index (κ2) is 5.98. The Morgan fingerprint density at radius 3 is 3.05 bits per heavy atom. The van der Waals surface area contributed by atoms with Crippen LogP contribution in [0.15, 0.2) is 30.5 Å². The van der Waals surface area contributed by atoms with Crippen LogP contribution in [0, 0.1) is 5.82 Å². The van der Waals surface area contributed by atoms with E-state index in [0.717, 1.165) is 18.4 Å². The highest BCUT2D eigenvalue weighted by molar-refractivity contribution is 5.25. The second-order valence-electron chi connectivity index (χ2n) is 5.98. The molecule has 21 heavy (non-hydrogen) atoms. The van der Waals surface area contributed by atoms with Crippen molar-refractivity contribution in [3.8, 4) is 0 Å². The Morgan fingerprint density at radius 2 is 2.24 bits per heavy atom. The summed E-state index contributed by atoms with van der Waals surface area (Å²) in [6, 6.07) is 7.60. The van der Waals surface area contributed by atoms with Crippen molar-refractivity contribution in [3.63, 3.8) is 0 Å². The minimum absolute atomic E-state index is 0.114. The van der Waals surface area contributed by atoms with E-state index in [2.05, 4.69) is 17.3 Å². The molecule has 1 aromatic carbocycles. The maximum absolute atomic E-state index is 13.7. The normalized spacial score (nSPS) is 19.3. The third kappa shape index (κ3) is 3.00. The average molecular weight is 287 g/mol. The number of halogens is 1. The summed E-state index contributed by atoms with van der Waals surface area (Å²) in [6.07, 6.45) is 6.09. The molecule has 0 radical (unpaired) electrons. The number of hydrogen-bond donors (Lipinski definition) is 1. The molecule has 3 rings (SSSR count). The van der Waals surface area contributed by atoms with E-state index in [9.17, 15) is 4.39 Å². The fraction of sp³-hybridized carbons (Fsp3) is 0.471. The highest BCUT2D eigenvalue weighted by Gasteiger charge is 2.24. The summed E-state index contributed by atoms with van der Waals surface area (Å²) in [5.41, 5.74) is 3.42. The van der Waals surface area contributed by atoms with Gasteiger partial charge in [0.1, 0.15) is 5.82 Å². The van der Waals surface area contributed by atoms with Gasteiger partial charge in [0.25, 0.3) is 0 Å². The lowest BCUT2D eigenvalue weighted by molar-refractivity contribution is 0.400. The van der Waals surface area contributed by atoms with Crippen molar-refractivity contribution >= 4 is 0 Å². The molecule has 0 spiro atoms. The predicted molar refractivity (Wildman–Crippen MR) is 81.6 cm³/mol. The minimum Gasteiger partial charge on any atom is -0.307 e. The van der Waals surface area contributed by atoms with Crippen LogP contribution in [0.1, 0.15) is 42.6 Å². The average Bonchev–Trinajstić information content (AvgIpc) is 2.84. The Bertz CT molecular complexity index is 620. The van der Waals surface area contributed by atoms with Gasteiger partial charge in [0.15, 0.2) is 0 Å². The van der Waals surface area contributed by atoms with Gasteiger partial charge in [-0.1, -0.05) is 18.2 Å². The first-order valence-corrected chi connectivity index (χ1v) is 7.65. The van der Waals surface area contributed by atoms with Gasteiger partial charge in [-0.25, -0.2) is 4.39 Å². The second-order valence-corrected chi connectivity index (χ2v) is 5.98. The van der Waals surface area contributed by atoms with Gasteiger partial charge in [0.05, 0.1) is 6.20 Å². The Balaban J connectivity index is 1.68. The first kappa shape index (κ1) is 14.3. The maximum atomic E-state index is 13.7. The van der Waals surface area contributed by atoms with Gasteiger partial charge in [-0.05, 0) is 44.2 Å². The molecular formula is C17H22FN3. The zero-order chi connectivity index (χ0) is 14.8. The van der Waals surface area contributed by atoms with E-state index < -0.39 is 0 Å². The highest BCUT2D eigenvalue weighted by Crippen LogP contribution is 2.29. The summed E-state index contributed by atoms with van der Waals surface area (Å²) in [4.78, 5) is 0. The van der Waals surface area contributed by atoms with Crippen LogP contribution in [0.3, 0.4) is 0 Å². The molecule has 1 aromatic heterocycles. The molecule has 0 fully saturated rings. The van der Waals surface area contributed by atoms with E-state index in [1.54, 1.807) is 6.07 Å². The van der Waals surface area contributed by atoms with Crippen LogP contribution in [-0.4, -0.2) is 15.8 Å². The van der Waals surface area contributed by atoms with E-state index in [1.807, 2.05) is 30.1 Å². The highest BCUT2D eigenvalue weighted by atomic mass is 19.1. The lowest BCUT2D eigenvalue weighted by Gasteiger charge is -2.27. The number of rotatable bonds is 4. The van der Waals surface area contributed by atoms with Crippen LogP contribution in [0.4, 0.5) is 4.39 Å². The summed E-state index contributed by atoms with van der Waals surface area (Å²) >= 11 is 0. The Hall–Kier alpha value is -1.68. The Labute approximate surface area is 125 Å². The molecule has 1 aliphatic carbocycles. The lowest BCUT2D eigenvalue weighted by atomic mass is 9.92.